The van der Waals surface area contributed by atoms with Crippen LogP contribution in [0.2, 0.25) is 0 Å². The number of ether oxygens (including phenoxy) is 1. The number of fused-ring (bicyclic) bond motifs is 1. The summed E-state index contributed by atoms with van der Waals surface area (Å²) < 4.78 is 7.83. The molecule has 0 radical (unpaired) electrons. The van der Waals surface area contributed by atoms with Crippen molar-refractivity contribution in [3.63, 3.8) is 0 Å². The van der Waals surface area contributed by atoms with Gasteiger partial charge in [0.05, 0.1) is 24.0 Å². The van der Waals surface area contributed by atoms with Crippen LogP contribution >= 0.6 is 0 Å². The fraction of sp³-hybridized carbons (Fsp3) is 0.100. The molecule has 0 aliphatic rings. The van der Waals surface area contributed by atoms with Crippen LogP contribution in [0, 0.1) is 0 Å². The summed E-state index contributed by atoms with van der Waals surface area (Å²) in [6.07, 6.45) is 4.27. The van der Waals surface area contributed by atoms with Gasteiger partial charge in [0.1, 0.15) is 11.6 Å². The van der Waals surface area contributed by atoms with Crippen LogP contribution in [0.1, 0.15) is 5.56 Å². The van der Waals surface area contributed by atoms with E-state index in [4.69, 9.17) is 10.5 Å². The van der Waals surface area contributed by atoms with Crippen LogP contribution in [0.15, 0.2) is 73.1 Å². The molecule has 124 valence electrons. The molecule has 4 rings (SSSR count). The van der Waals surface area contributed by atoms with Gasteiger partial charge in [0.25, 0.3) is 0 Å². The number of hydrogen-bond acceptors (Lipinski definition) is 4. The van der Waals surface area contributed by atoms with Crippen LogP contribution in [0.3, 0.4) is 0 Å². The molecule has 5 nitrogen and oxygen atoms in total. The number of para-hydroxylation sites is 1. The van der Waals surface area contributed by atoms with Gasteiger partial charge in [0, 0.05) is 24.1 Å². The summed E-state index contributed by atoms with van der Waals surface area (Å²) in [5.41, 5.74) is 8.91. The van der Waals surface area contributed by atoms with Gasteiger partial charge in [0.2, 0.25) is 0 Å². The zero-order valence-corrected chi connectivity index (χ0v) is 13.7. The van der Waals surface area contributed by atoms with Crippen LogP contribution in [-0.4, -0.2) is 21.4 Å². The highest BCUT2D eigenvalue weighted by molar-refractivity contribution is 5.81. The second kappa shape index (κ2) is 6.65. The molecule has 0 atom stereocenters. The van der Waals surface area contributed by atoms with Crippen molar-refractivity contribution in [3.05, 3.63) is 78.6 Å². The summed E-state index contributed by atoms with van der Waals surface area (Å²) in [6.45, 7) is 0.543. The van der Waals surface area contributed by atoms with Gasteiger partial charge in [0.15, 0.2) is 0 Å². The maximum atomic E-state index is 5.91. The second-order valence-electron chi connectivity index (χ2n) is 5.76. The Bertz CT molecular complexity index is 995. The monoisotopic (exact) mass is 330 g/mol. The standard InChI is InChI=1S/C20H18N4O/c21-20-15(5-4-11-22-20)10-12-25-18-9-8-16-14-23-24(19(16)13-18)17-6-2-1-3-7-17/h1-9,11,13-14H,10,12H2,(H2,21,22). The predicted molar refractivity (Wildman–Crippen MR) is 98.9 cm³/mol. The quantitative estimate of drug-likeness (QED) is 0.607. The Balaban J connectivity index is 1.54. The van der Waals surface area contributed by atoms with Crippen molar-refractivity contribution in [3.8, 4) is 11.4 Å². The Morgan fingerprint density at radius 1 is 1.00 bits per heavy atom. The number of benzene rings is 2. The number of hydrogen-bond donors (Lipinski definition) is 1. The Kier molecular flexibility index (Phi) is 4.04. The lowest BCUT2D eigenvalue weighted by Crippen LogP contribution is -2.05. The third-order valence-corrected chi connectivity index (χ3v) is 4.11. The van der Waals surface area contributed by atoms with E-state index in [0.29, 0.717) is 12.4 Å². The summed E-state index contributed by atoms with van der Waals surface area (Å²) >= 11 is 0. The van der Waals surface area contributed by atoms with Crippen LogP contribution in [-0.2, 0) is 6.42 Å². The third-order valence-electron chi connectivity index (χ3n) is 4.11. The highest BCUT2D eigenvalue weighted by Crippen LogP contribution is 2.23. The molecule has 0 spiro atoms. The van der Waals surface area contributed by atoms with Crippen molar-refractivity contribution in [1.29, 1.82) is 0 Å². The lowest BCUT2D eigenvalue weighted by molar-refractivity contribution is 0.322. The molecule has 0 bridgehead atoms. The summed E-state index contributed by atoms with van der Waals surface area (Å²) in [6, 6.07) is 19.9. The van der Waals surface area contributed by atoms with Crippen molar-refractivity contribution in [1.82, 2.24) is 14.8 Å². The van der Waals surface area contributed by atoms with Gasteiger partial charge >= 0.3 is 0 Å². The predicted octanol–water partition coefficient (Wildman–Crippen LogP) is 3.62. The molecule has 0 aliphatic heterocycles. The number of anilines is 1. The molecule has 0 aliphatic carbocycles. The fourth-order valence-electron chi connectivity index (χ4n) is 2.80. The molecular formula is C20H18N4O. The Hall–Kier alpha value is -3.34. The van der Waals surface area contributed by atoms with Gasteiger partial charge in [-0.3, -0.25) is 0 Å². The Labute approximate surface area is 145 Å². The first-order chi connectivity index (χ1) is 12.3. The molecule has 2 N–H and O–H groups in total. The molecule has 0 amide bonds. The van der Waals surface area contributed by atoms with E-state index in [-0.39, 0.29) is 0 Å². The van der Waals surface area contributed by atoms with Gasteiger partial charge in [-0.15, -0.1) is 0 Å². The van der Waals surface area contributed by atoms with E-state index in [1.165, 1.54) is 0 Å². The topological polar surface area (TPSA) is 66.0 Å². The molecule has 0 saturated carbocycles. The minimum Gasteiger partial charge on any atom is -0.493 e. The number of nitrogen functional groups attached to an aromatic ring is 1. The minimum absolute atomic E-state index is 0.543. The summed E-state index contributed by atoms with van der Waals surface area (Å²) in [5, 5.41) is 5.56. The number of nitrogens with zero attached hydrogens (tertiary/aromatic N) is 3. The first kappa shape index (κ1) is 15.2. The molecule has 4 aromatic rings. The normalized spacial score (nSPS) is 10.9. The molecule has 0 saturated heterocycles. The highest BCUT2D eigenvalue weighted by Gasteiger charge is 2.07. The van der Waals surface area contributed by atoms with Gasteiger partial charge < -0.3 is 10.5 Å². The summed E-state index contributed by atoms with van der Waals surface area (Å²) in [7, 11) is 0. The number of nitrogens with two attached hydrogens (primary N) is 1. The number of rotatable bonds is 5. The lowest BCUT2D eigenvalue weighted by Gasteiger charge is -2.09. The maximum Gasteiger partial charge on any atom is 0.126 e. The van der Waals surface area contributed by atoms with Crippen molar-refractivity contribution in [2.75, 3.05) is 12.3 Å². The molecule has 2 aromatic heterocycles. The second-order valence-corrected chi connectivity index (χ2v) is 5.76. The van der Waals surface area contributed by atoms with Crippen LogP contribution in [0.5, 0.6) is 5.75 Å². The van der Waals surface area contributed by atoms with Crippen molar-refractivity contribution in [2.24, 2.45) is 0 Å². The van der Waals surface area contributed by atoms with E-state index in [0.717, 1.165) is 34.3 Å². The molecule has 2 heterocycles. The number of pyridine rings is 1. The summed E-state index contributed by atoms with van der Waals surface area (Å²) in [4.78, 5) is 4.09. The lowest BCUT2D eigenvalue weighted by atomic mass is 10.2. The van der Waals surface area contributed by atoms with Crippen molar-refractivity contribution in [2.45, 2.75) is 6.42 Å². The minimum atomic E-state index is 0.543. The third kappa shape index (κ3) is 3.17. The average molecular weight is 330 g/mol. The SMILES string of the molecule is Nc1ncccc1CCOc1ccc2cnn(-c3ccccc3)c2c1. The molecule has 2 aromatic carbocycles. The highest BCUT2D eigenvalue weighted by atomic mass is 16.5. The zero-order valence-electron chi connectivity index (χ0n) is 13.7. The Morgan fingerprint density at radius 2 is 1.88 bits per heavy atom. The van der Waals surface area contributed by atoms with E-state index < -0.39 is 0 Å². The molecule has 25 heavy (non-hydrogen) atoms. The Morgan fingerprint density at radius 3 is 2.72 bits per heavy atom. The van der Waals surface area contributed by atoms with Crippen LogP contribution in [0.4, 0.5) is 5.82 Å². The van der Waals surface area contributed by atoms with E-state index in [1.54, 1.807) is 6.20 Å². The van der Waals surface area contributed by atoms with Crippen molar-refractivity contribution < 1.29 is 4.74 Å². The maximum absolute atomic E-state index is 5.91. The average Bonchev–Trinajstić information content (AvgIpc) is 3.07. The molecule has 0 fully saturated rings. The van der Waals surface area contributed by atoms with Crippen LogP contribution in [0.25, 0.3) is 16.6 Å². The van der Waals surface area contributed by atoms with E-state index in [2.05, 4.69) is 10.1 Å². The smallest absolute Gasteiger partial charge is 0.126 e. The van der Waals surface area contributed by atoms with E-state index >= 15 is 0 Å². The van der Waals surface area contributed by atoms with Gasteiger partial charge in [-0.05, 0) is 35.9 Å². The van der Waals surface area contributed by atoms with Crippen LogP contribution < -0.4 is 10.5 Å². The fourth-order valence-corrected chi connectivity index (χ4v) is 2.80. The summed E-state index contributed by atoms with van der Waals surface area (Å²) in [5.74, 6) is 1.37. The van der Waals surface area contributed by atoms with Gasteiger partial charge in [-0.25, -0.2) is 9.67 Å². The molecule has 0 unspecified atom stereocenters. The molecular weight excluding hydrogens is 312 g/mol. The van der Waals surface area contributed by atoms with E-state index in [1.807, 2.05) is 71.5 Å². The first-order valence-corrected chi connectivity index (χ1v) is 8.16. The molecule has 5 heteroatoms. The van der Waals surface area contributed by atoms with Crippen molar-refractivity contribution >= 4 is 16.7 Å². The van der Waals surface area contributed by atoms with E-state index in [9.17, 15) is 0 Å². The number of aromatic nitrogens is 3. The zero-order chi connectivity index (χ0) is 17.1. The van der Waals surface area contributed by atoms with Gasteiger partial charge in [-0.1, -0.05) is 24.3 Å². The largest absolute Gasteiger partial charge is 0.493 e. The van der Waals surface area contributed by atoms with Gasteiger partial charge in [-0.2, -0.15) is 5.10 Å². The first-order valence-electron chi connectivity index (χ1n) is 8.16.